The highest BCUT2D eigenvalue weighted by molar-refractivity contribution is 5.35. The molecule has 0 bridgehead atoms. The lowest BCUT2D eigenvalue weighted by atomic mass is 9.98. The first-order chi connectivity index (χ1) is 11.9. The fourth-order valence-electron chi connectivity index (χ4n) is 3.52. The number of rotatable bonds is 5. The second-order valence-electron chi connectivity index (χ2n) is 6.98. The van der Waals surface area contributed by atoms with Crippen LogP contribution in [-0.2, 0) is 18.9 Å². The zero-order chi connectivity index (χ0) is 18.0. The van der Waals surface area contributed by atoms with Crippen molar-refractivity contribution in [3.05, 3.63) is 70.3 Å². The Kier molecular flexibility index (Phi) is 5.21. The van der Waals surface area contributed by atoms with E-state index in [4.69, 9.17) is 0 Å². The lowest BCUT2D eigenvalue weighted by Gasteiger charge is -2.27. The summed E-state index contributed by atoms with van der Waals surface area (Å²) in [5, 5.41) is 2.10. The van der Waals surface area contributed by atoms with Gasteiger partial charge >= 0.3 is 0 Å². The molecule has 1 atom stereocenters. The molecule has 2 aromatic carbocycles. The average molecular weight is 344 g/mol. The Morgan fingerprint density at radius 3 is 2.52 bits per heavy atom. The molecule has 1 aliphatic rings. The summed E-state index contributed by atoms with van der Waals surface area (Å²) in [5.41, 5.74) is 7.58. The van der Waals surface area contributed by atoms with Crippen LogP contribution in [0.3, 0.4) is 0 Å². The Morgan fingerprint density at radius 1 is 1.16 bits per heavy atom. The number of hydrogen-bond donors (Lipinski definition) is 1. The lowest BCUT2D eigenvalue weighted by Crippen LogP contribution is -2.33. The molecule has 134 valence electrons. The van der Waals surface area contributed by atoms with E-state index in [9.17, 15) is 8.78 Å². The topological polar surface area (TPSA) is 15.3 Å². The summed E-state index contributed by atoms with van der Waals surface area (Å²) in [6.45, 7) is 6.31. The first-order valence-electron chi connectivity index (χ1n) is 8.95. The molecule has 4 heteroatoms. The maximum Gasteiger partial charge on any atom is 0.270 e. The summed E-state index contributed by atoms with van der Waals surface area (Å²) in [4.78, 5) is 0. The van der Waals surface area contributed by atoms with Crippen molar-refractivity contribution in [2.75, 3.05) is 6.54 Å². The molecule has 1 N–H and O–H groups in total. The summed E-state index contributed by atoms with van der Waals surface area (Å²) in [5.74, 6) is -2.83. The molecule has 0 amide bonds. The van der Waals surface area contributed by atoms with Crippen LogP contribution in [0.5, 0.6) is 0 Å². The van der Waals surface area contributed by atoms with Crippen LogP contribution in [-0.4, -0.2) is 11.6 Å². The summed E-state index contributed by atoms with van der Waals surface area (Å²) >= 11 is 0. The molecule has 0 spiro atoms. The Balaban J connectivity index is 1.84. The standard InChI is InChI=1S/C21H26F2N2/c1-4-16-6-9-17(10-7-16)20-11-12-24-25(20)14-18-8-5-15(2)13-19(18)21(3,22)23/h5-10,13,20,24H,4,11-12,14H2,1-3H3. The molecule has 3 rings (SSSR count). The van der Waals surface area contributed by atoms with E-state index in [0.717, 1.165) is 31.9 Å². The molecule has 1 saturated heterocycles. The minimum atomic E-state index is -2.83. The van der Waals surface area contributed by atoms with Crippen LogP contribution in [0.2, 0.25) is 0 Å². The van der Waals surface area contributed by atoms with Gasteiger partial charge in [-0.3, -0.25) is 5.43 Å². The third-order valence-corrected chi connectivity index (χ3v) is 4.96. The van der Waals surface area contributed by atoms with Crippen LogP contribution in [0, 0.1) is 6.92 Å². The van der Waals surface area contributed by atoms with Gasteiger partial charge in [-0.05, 0) is 42.5 Å². The molecule has 0 aromatic heterocycles. The molecule has 2 nitrogen and oxygen atoms in total. The van der Waals surface area contributed by atoms with Crippen molar-refractivity contribution in [1.82, 2.24) is 10.4 Å². The number of aryl methyl sites for hydroxylation is 2. The van der Waals surface area contributed by atoms with E-state index in [1.165, 1.54) is 11.1 Å². The molecule has 1 heterocycles. The van der Waals surface area contributed by atoms with E-state index in [1.54, 1.807) is 6.07 Å². The van der Waals surface area contributed by atoms with Gasteiger partial charge in [-0.15, -0.1) is 0 Å². The molecule has 1 aliphatic heterocycles. The highest BCUT2D eigenvalue weighted by Crippen LogP contribution is 2.34. The molecular formula is C21H26F2N2. The zero-order valence-corrected chi connectivity index (χ0v) is 15.2. The number of nitrogens with one attached hydrogen (secondary N) is 1. The maximum atomic E-state index is 14.0. The number of alkyl halides is 2. The van der Waals surface area contributed by atoms with Crippen molar-refractivity contribution >= 4 is 0 Å². The van der Waals surface area contributed by atoms with E-state index in [-0.39, 0.29) is 11.6 Å². The number of nitrogens with zero attached hydrogens (tertiary/aromatic N) is 1. The smallest absolute Gasteiger partial charge is 0.254 e. The lowest BCUT2D eigenvalue weighted by molar-refractivity contribution is 0.0153. The van der Waals surface area contributed by atoms with Crippen molar-refractivity contribution in [3.8, 4) is 0 Å². The number of halogens is 2. The number of hydrazine groups is 1. The third-order valence-electron chi connectivity index (χ3n) is 4.96. The summed E-state index contributed by atoms with van der Waals surface area (Å²) < 4.78 is 28.1. The van der Waals surface area contributed by atoms with Crippen LogP contribution < -0.4 is 5.43 Å². The molecular weight excluding hydrogens is 318 g/mol. The average Bonchev–Trinajstić information content (AvgIpc) is 3.04. The van der Waals surface area contributed by atoms with Crippen LogP contribution in [0.4, 0.5) is 8.78 Å². The van der Waals surface area contributed by atoms with Crippen LogP contribution in [0.25, 0.3) is 0 Å². The Bertz CT molecular complexity index is 720. The molecule has 1 fully saturated rings. The Labute approximate surface area is 148 Å². The highest BCUT2D eigenvalue weighted by atomic mass is 19.3. The Morgan fingerprint density at radius 2 is 1.88 bits per heavy atom. The normalized spacial score (nSPS) is 18.7. The molecule has 0 aliphatic carbocycles. The van der Waals surface area contributed by atoms with Gasteiger partial charge in [0.15, 0.2) is 0 Å². The van der Waals surface area contributed by atoms with Gasteiger partial charge in [0.2, 0.25) is 0 Å². The Hall–Kier alpha value is -1.78. The van der Waals surface area contributed by atoms with Crippen LogP contribution in [0.15, 0.2) is 42.5 Å². The van der Waals surface area contributed by atoms with Gasteiger partial charge in [0.05, 0.1) is 6.04 Å². The van der Waals surface area contributed by atoms with Gasteiger partial charge in [0, 0.05) is 25.6 Å². The van der Waals surface area contributed by atoms with Crippen molar-refractivity contribution in [2.24, 2.45) is 0 Å². The first-order valence-corrected chi connectivity index (χ1v) is 8.95. The molecule has 25 heavy (non-hydrogen) atoms. The second-order valence-corrected chi connectivity index (χ2v) is 6.98. The minimum Gasteiger partial charge on any atom is -0.254 e. The largest absolute Gasteiger partial charge is 0.270 e. The molecule has 2 aromatic rings. The van der Waals surface area contributed by atoms with E-state index in [1.807, 2.05) is 19.1 Å². The maximum absolute atomic E-state index is 14.0. The molecule has 0 saturated carbocycles. The van der Waals surface area contributed by atoms with E-state index < -0.39 is 5.92 Å². The van der Waals surface area contributed by atoms with E-state index in [0.29, 0.717) is 12.1 Å². The van der Waals surface area contributed by atoms with Crippen LogP contribution >= 0.6 is 0 Å². The molecule has 1 unspecified atom stereocenters. The highest BCUT2D eigenvalue weighted by Gasteiger charge is 2.31. The number of benzene rings is 2. The van der Waals surface area contributed by atoms with Crippen molar-refractivity contribution in [3.63, 3.8) is 0 Å². The summed E-state index contributed by atoms with van der Waals surface area (Å²) in [6, 6.07) is 14.2. The first kappa shape index (κ1) is 18.0. The van der Waals surface area contributed by atoms with Gasteiger partial charge in [-0.2, -0.15) is 0 Å². The SMILES string of the molecule is CCc1ccc(C2CCNN2Cc2ccc(C)cc2C(C)(F)F)cc1. The fraction of sp³-hybridized carbons (Fsp3) is 0.429. The zero-order valence-electron chi connectivity index (χ0n) is 15.2. The minimum absolute atomic E-state index is 0.126. The fourth-order valence-corrected chi connectivity index (χ4v) is 3.52. The van der Waals surface area contributed by atoms with Crippen LogP contribution in [0.1, 0.15) is 54.1 Å². The predicted molar refractivity (Wildman–Crippen MR) is 97.5 cm³/mol. The third kappa shape index (κ3) is 4.07. The van der Waals surface area contributed by atoms with Gasteiger partial charge in [-0.1, -0.05) is 48.9 Å². The van der Waals surface area contributed by atoms with Gasteiger partial charge in [0.1, 0.15) is 0 Å². The van der Waals surface area contributed by atoms with Gasteiger partial charge in [-0.25, -0.2) is 13.8 Å². The van der Waals surface area contributed by atoms with Gasteiger partial charge < -0.3 is 0 Å². The second kappa shape index (κ2) is 7.22. The number of hydrogen-bond acceptors (Lipinski definition) is 2. The van der Waals surface area contributed by atoms with E-state index >= 15 is 0 Å². The molecule has 0 radical (unpaired) electrons. The van der Waals surface area contributed by atoms with Crippen molar-refractivity contribution in [1.29, 1.82) is 0 Å². The summed E-state index contributed by atoms with van der Waals surface area (Å²) in [6.07, 6.45) is 2.00. The quantitative estimate of drug-likeness (QED) is 0.810. The van der Waals surface area contributed by atoms with E-state index in [2.05, 4.69) is 41.6 Å². The van der Waals surface area contributed by atoms with Crippen molar-refractivity contribution in [2.45, 2.75) is 52.1 Å². The van der Waals surface area contributed by atoms with Crippen molar-refractivity contribution < 1.29 is 8.78 Å². The monoisotopic (exact) mass is 344 g/mol. The summed E-state index contributed by atoms with van der Waals surface area (Å²) in [7, 11) is 0. The predicted octanol–water partition coefficient (Wildman–Crippen LogP) is 5.12. The van der Waals surface area contributed by atoms with Gasteiger partial charge in [0.25, 0.3) is 5.92 Å².